The monoisotopic (exact) mass is 406 g/mol. The number of carbonyl (C=O) groups excluding carboxylic acids is 1. The minimum atomic E-state index is -0.339. The van der Waals surface area contributed by atoms with Crippen molar-refractivity contribution in [3.8, 4) is 11.3 Å². The second-order valence-corrected chi connectivity index (χ2v) is 7.70. The summed E-state index contributed by atoms with van der Waals surface area (Å²) in [6.45, 7) is 4.16. The van der Waals surface area contributed by atoms with Crippen molar-refractivity contribution in [2.24, 2.45) is 0 Å². The summed E-state index contributed by atoms with van der Waals surface area (Å²) in [5.74, 6) is -0.332. The zero-order valence-corrected chi connectivity index (χ0v) is 16.8. The molecule has 1 amide bonds. The Morgan fingerprint density at radius 3 is 2.66 bits per heavy atom. The summed E-state index contributed by atoms with van der Waals surface area (Å²) in [4.78, 5) is 16.6. The Morgan fingerprint density at radius 1 is 1.10 bits per heavy atom. The van der Waals surface area contributed by atoms with Crippen molar-refractivity contribution in [1.29, 1.82) is 0 Å². The van der Waals surface area contributed by atoms with E-state index < -0.39 is 0 Å². The van der Waals surface area contributed by atoms with E-state index in [0.29, 0.717) is 5.69 Å². The number of thioether (sulfide) groups is 1. The van der Waals surface area contributed by atoms with Gasteiger partial charge < -0.3 is 5.32 Å². The Bertz CT molecular complexity index is 1190. The van der Waals surface area contributed by atoms with Crippen LogP contribution in [0.2, 0.25) is 0 Å². The van der Waals surface area contributed by atoms with Gasteiger partial charge in [0.2, 0.25) is 5.91 Å². The molecule has 5 nitrogen and oxygen atoms in total. The fourth-order valence-electron chi connectivity index (χ4n) is 2.92. The summed E-state index contributed by atoms with van der Waals surface area (Å²) in [5.41, 5.74) is 5.76. The summed E-state index contributed by atoms with van der Waals surface area (Å²) < 4.78 is 14.8. The second-order valence-electron chi connectivity index (χ2n) is 6.73. The number of hydrogen-bond acceptors (Lipinski definition) is 4. The van der Waals surface area contributed by atoms with Gasteiger partial charge in [-0.1, -0.05) is 23.9 Å². The van der Waals surface area contributed by atoms with Crippen molar-refractivity contribution in [2.75, 3.05) is 11.1 Å². The Labute approximate surface area is 172 Å². The molecule has 0 aliphatic rings. The van der Waals surface area contributed by atoms with E-state index in [-0.39, 0.29) is 17.5 Å². The van der Waals surface area contributed by atoms with Crippen molar-refractivity contribution < 1.29 is 9.18 Å². The average Bonchev–Trinajstić information content (AvgIpc) is 3.15. The summed E-state index contributed by atoms with van der Waals surface area (Å²) in [7, 11) is 0. The fraction of sp³-hybridized carbons (Fsp3) is 0.136. The zero-order chi connectivity index (χ0) is 20.4. The maximum absolute atomic E-state index is 13.0. The number of fused-ring (bicyclic) bond motifs is 1. The lowest BCUT2D eigenvalue weighted by molar-refractivity contribution is -0.113. The highest BCUT2D eigenvalue weighted by molar-refractivity contribution is 8.00. The van der Waals surface area contributed by atoms with Gasteiger partial charge in [-0.2, -0.15) is 5.10 Å². The molecule has 4 rings (SSSR count). The lowest BCUT2D eigenvalue weighted by Crippen LogP contribution is -2.14. The van der Waals surface area contributed by atoms with Crippen molar-refractivity contribution in [2.45, 2.75) is 18.9 Å². The Kier molecular flexibility index (Phi) is 5.31. The van der Waals surface area contributed by atoms with E-state index in [0.717, 1.165) is 21.8 Å². The molecule has 0 atom stereocenters. The molecule has 29 heavy (non-hydrogen) atoms. The topological polar surface area (TPSA) is 59.3 Å². The number of anilines is 1. The van der Waals surface area contributed by atoms with E-state index in [1.54, 1.807) is 16.9 Å². The number of rotatable bonds is 5. The van der Waals surface area contributed by atoms with Gasteiger partial charge in [-0.15, -0.1) is 0 Å². The van der Waals surface area contributed by atoms with E-state index in [9.17, 15) is 9.18 Å². The van der Waals surface area contributed by atoms with Gasteiger partial charge in [0.05, 0.1) is 17.0 Å². The van der Waals surface area contributed by atoms with Crippen molar-refractivity contribution in [3.05, 3.63) is 77.9 Å². The molecule has 2 heterocycles. The molecule has 0 unspecified atom stereocenters. The van der Waals surface area contributed by atoms with E-state index in [4.69, 9.17) is 0 Å². The molecule has 7 heteroatoms. The molecule has 4 aromatic rings. The quantitative estimate of drug-likeness (QED) is 0.480. The van der Waals surface area contributed by atoms with Gasteiger partial charge in [-0.25, -0.2) is 13.9 Å². The highest BCUT2D eigenvalue weighted by Crippen LogP contribution is 2.27. The number of aromatic nitrogens is 3. The molecule has 0 spiro atoms. The predicted octanol–water partition coefficient (Wildman–Crippen LogP) is 4.88. The third-order valence-electron chi connectivity index (χ3n) is 4.63. The minimum absolute atomic E-state index is 0.181. The van der Waals surface area contributed by atoms with Gasteiger partial charge in [-0.05, 0) is 61.4 Å². The van der Waals surface area contributed by atoms with Gasteiger partial charge in [0.25, 0.3) is 0 Å². The number of hydrogen-bond donors (Lipinski definition) is 1. The van der Waals surface area contributed by atoms with Crippen LogP contribution in [0.4, 0.5) is 10.1 Å². The fourth-order valence-corrected chi connectivity index (χ4v) is 3.69. The molecule has 0 saturated carbocycles. The van der Waals surface area contributed by atoms with Crippen LogP contribution in [0.25, 0.3) is 16.8 Å². The average molecular weight is 406 g/mol. The van der Waals surface area contributed by atoms with Crippen LogP contribution in [-0.2, 0) is 4.79 Å². The largest absolute Gasteiger partial charge is 0.325 e. The smallest absolute Gasteiger partial charge is 0.234 e. The first-order valence-electron chi connectivity index (χ1n) is 9.10. The molecule has 0 saturated heterocycles. The van der Waals surface area contributed by atoms with E-state index in [1.807, 2.05) is 6.07 Å². The maximum atomic E-state index is 13.0. The molecule has 0 aliphatic heterocycles. The maximum Gasteiger partial charge on any atom is 0.234 e. The van der Waals surface area contributed by atoms with Gasteiger partial charge in [-0.3, -0.25) is 4.79 Å². The van der Waals surface area contributed by atoms with Crippen LogP contribution in [0.5, 0.6) is 0 Å². The SMILES string of the molecule is Cc1ccc(-c2cc3c(SCC(=O)Nc4ccc(F)cc4)nccn3n2)cc1C. The summed E-state index contributed by atoms with van der Waals surface area (Å²) in [6.07, 6.45) is 3.47. The van der Waals surface area contributed by atoms with E-state index >= 15 is 0 Å². The molecule has 146 valence electrons. The Hall–Kier alpha value is -3.19. The molecule has 1 N–H and O–H groups in total. The van der Waals surface area contributed by atoms with Gasteiger partial charge in [0, 0.05) is 23.6 Å². The highest BCUT2D eigenvalue weighted by atomic mass is 32.2. The number of aryl methyl sites for hydroxylation is 2. The number of nitrogens with one attached hydrogen (secondary N) is 1. The Morgan fingerprint density at radius 2 is 1.90 bits per heavy atom. The summed E-state index contributed by atoms with van der Waals surface area (Å²) in [5, 5.41) is 8.12. The van der Waals surface area contributed by atoms with Crippen LogP contribution in [0.3, 0.4) is 0 Å². The standard InChI is InChI=1S/C22H19FN4OS/c1-14-3-4-16(11-15(14)2)19-12-20-22(24-9-10-27(20)26-19)29-13-21(28)25-18-7-5-17(23)6-8-18/h3-12H,13H2,1-2H3,(H,25,28). The molecule has 0 bridgehead atoms. The van der Waals surface area contributed by atoms with Crippen LogP contribution in [-0.4, -0.2) is 26.3 Å². The molecular formula is C22H19FN4OS. The van der Waals surface area contributed by atoms with Crippen LogP contribution in [0.1, 0.15) is 11.1 Å². The molecular weight excluding hydrogens is 387 g/mol. The molecule has 0 radical (unpaired) electrons. The number of benzene rings is 2. The number of nitrogens with zero attached hydrogens (tertiary/aromatic N) is 3. The van der Waals surface area contributed by atoms with Crippen LogP contribution >= 0.6 is 11.8 Å². The second kappa shape index (κ2) is 8.05. The first kappa shape index (κ1) is 19.1. The molecule has 0 fully saturated rings. The lowest BCUT2D eigenvalue weighted by Gasteiger charge is -2.05. The summed E-state index contributed by atoms with van der Waals surface area (Å²) >= 11 is 1.34. The van der Waals surface area contributed by atoms with Crippen molar-refractivity contribution >= 4 is 28.9 Å². The molecule has 2 aromatic carbocycles. The lowest BCUT2D eigenvalue weighted by atomic mass is 10.0. The first-order valence-corrected chi connectivity index (χ1v) is 10.1. The van der Waals surface area contributed by atoms with E-state index in [1.165, 1.54) is 47.2 Å². The van der Waals surface area contributed by atoms with E-state index in [2.05, 4.69) is 47.4 Å². The van der Waals surface area contributed by atoms with Crippen LogP contribution in [0, 0.1) is 19.7 Å². The number of halogens is 1. The zero-order valence-electron chi connectivity index (χ0n) is 16.0. The number of carbonyl (C=O) groups is 1. The molecule has 0 aliphatic carbocycles. The number of amides is 1. The van der Waals surface area contributed by atoms with Gasteiger partial charge in [0.15, 0.2) is 0 Å². The predicted molar refractivity (Wildman–Crippen MR) is 114 cm³/mol. The van der Waals surface area contributed by atoms with Gasteiger partial charge >= 0.3 is 0 Å². The third-order valence-corrected chi connectivity index (χ3v) is 5.62. The third kappa shape index (κ3) is 4.30. The summed E-state index contributed by atoms with van der Waals surface area (Å²) in [6, 6.07) is 13.9. The first-order chi connectivity index (χ1) is 14.0. The van der Waals surface area contributed by atoms with Gasteiger partial charge in [0.1, 0.15) is 10.8 Å². The highest BCUT2D eigenvalue weighted by Gasteiger charge is 2.12. The normalized spacial score (nSPS) is 11.0. The van der Waals surface area contributed by atoms with Crippen LogP contribution in [0.15, 0.2) is 66.0 Å². The van der Waals surface area contributed by atoms with Crippen molar-refractivity contribution in [1.82, 2.24) is 14.6 Å². The van der Waals surface area contributed by atoms with Crippen LogP contribution < -0.4 is 5.32 Å². The minimum Gasteiger partial charge on any atom is -0.325 e. The van der Waals surface area contributed by atoms with Crippen molar-refractivity contribution in [3.63, 3.8) is 0 Å². The molecule has 2 aromatic heterocycles. The Balaban J connectivity index is 1.51.